The molecule has 1 aliphatic carbocycles. The largest absolute Gasteiger partial charge is 0.342 e. The molecule has 1 saturated carbocycles. The summed E-state index contributed by atoms with van der Waals surface area (Å²) in [6.45, 7) is 5.19. The second-order valence-corrected chi connectivity index (χ2v) is 8.29. The highest BCUT2D eigenvalue weighted by Crippen LogP contribution is 2.50. The van der Waals surface area contributed by atoms with E-state index in [1.807, 2.05) is 16.7 Å². The molecule has 140 valence electrons. The predicted octanol–water partition coefficient (Wildman–Crippen LogP) is 3.11. The molecule has 0 aromatic heterocycles. The van der Waals surface area contributed by atoms with Gasteiger partial charge in [-0.15, -0.1) is 0 Å². The Balaban J connectivity index is 1.43. The van der Waals surface area contributed by atoms with Crippen LogP contribution in [0.1, 0.15) is 51.0 Å². The second-order valence-electron chi connectivity index (χ2n) is 8.29. The molecule has 2 aliphatic heterocycles. The fourth-order valence-electron chi connectivity index (χ4n) is 4.81. The molecule has 1 aromatic carbocycles. The van der Waals surface area contributed by atoms with Gasteiger partial charge in [0.15, 0.2) is 0 Å². The minimum absolute atomic E-state index is 0.188. The molecule has 0 bridgehead atoms. The van der Waals surface area contributed by atoms with Crippen LogP contribution >= 0.6 is 0 Å². The Morgan fingerprint density at radius 1 is 1.08 bits per heavy atom. The summed E-state index contributed by atoms with van der Waals surface area (Å²) in [4.78, 5) is 29.1. The number of benzene rings is 1. The third kappa shape index (κ3) is 2.91. The Kier molecular flexibility index (Phi) is 4.28. The van der Waals surface area contributed by atoms with E-state index in [9.17, 15) is 14.0 Å². The van der Waals surface area contributed by atoms with E-state index in [4.69, 9.17) is 0 Å². The van der Waals surface area contributed by atoms with E-state index in [0.29, 0.717) is 6.42 Å². The number of carbonyl (C=O) groups excluding carboxylic acids is 2. The van der Waals surface area contributed by atoms with Gasteiger partial charge in [-0.1, -0.05) is 12.1 Å². The molecule has 26 heavy (non-hydrogen) atoms. The van der Waals surface area contributed by atoms with E-state index in [1.165, 1.54) is 12.1 Å². The first-order valence-electron chi connectivity index (χ1n) is 9.81. The first-order valence-corrected chi connectivity index (χ1v) is 9.81. The number of nitrogens with zero attached hydrogens (tertiary/aromatic N) is 2. The van der Waals surface area contributed by atoms with Crippen molar-refractivity contribution >= 4 is 11.8 Å². The zero-order chi connectivity index (χ0) is 18.4. The number of rotatable bonds is 3. The first kappa shape index (κ1) is 17.5. The average Bonchev–Trinajstić information content (AvgIpc) is 3.46. The summed E-state index contributed by atoms with van der Waals surface area (Å²) in [5.74, 6) is 0.215. The van der Waals surface area contributed by atoms with Gasteiger partial charge < -0.3 is 9.80 Å². The Morgan fingerprint density at radius 3 is 2.31 bits per heavy atom. The van der Waals surface area contributed by atoms with Crippen LogP contribution in [0.15, 0.2) is 24.3 Å². The molecule has 2 heterocycles. The van der Waals surface area contributed by atoms with Gasteiger partial charge in [-0.2, -0.15) is 0 Å². The molecule has 1 spiro atoms. The SMILES string of the molecule is CCN1CC2(CCC1=O)CCN(C(=O)C1(c3ccc(F)cc3)CC1)CC2. The molecule has 0 radical (unpaired) electrons. The van der Waals surface area contributed by atoms with Crippen molar-refractivity contribution in [1.29, 1.82) is 0 Å². The van der Waals surface area contributed by atoms with E-state index in [2.05, 4.69) is 0 Å². The van der Waals surface area contributed by atoms with Gasteiger partial charge in [-0.05, 0) is 62.1 Å². The van der Waals surface area contributed by atoms with Crippen molar-refractivity contribution < 1.29 is 14.0 Å². The summed E-state index contributed by atoms with van der Waals surface area (Å²) in [5, 5.41) is 0. The second kappa shape index (κ2) is 6.36. The molecule has 2 saturated heterocycles. The number of halogens is 1. The van der Waals surface area contributed by atoms with Crippen molar-refractivity contribution in [3.05, 3.63) is 35.6 Å². The maximum absolute atomic E-state index is 13.2. The summed E-state index contributed by atoms with van der Waals surface area (Å²) in [6, 6.07) is 6.42. The topological polar surface area (TPSA) is 40.6 Å². The number of amides is 2. The number of likely N-dealkylation sites (tertiary alicyclic amines) is 2. The van der Waals surface area contributed by atoms with Crippen molar-refractivity contribution in [3.8, 4) is 0 Å². The van der Waals surface area contributed by atoms with Crippen LogP contribution in [0.4, 0.5) is 4.39 Å². The zero-order valence-corrected chi connectivity index (χ0v) is 15.5. The monoisotopic (exact) mass is 358 g/mol. The normalized spacial score (nSPS) is 24.0. The quantitative estimate of drug-likeness (QED) is 0.833. The lowest BCUT2D eigenvalue weighted by Crippen LogP contribution is -2.53. The Bertz CT molecular complexity index is 703. The third-order valence-electron chi connectivity index (χ3n) is 6.80. The van der Waals surface area contributed by atoms with Crippen LogP contribution < -0.4 is 0 Å². The Hall–Kier alpha value is -1.91. The third-order valence-corrected chi connectivity index (χ3v) is 6.80. The van der Waals surface area contributed by atoms with Crippen LogP contribution in [0.25, 0.3) is 0 Å². The minimum atomic E-state index is -0.420. The van der Waals surface area contributed by atoms with E-state index in [1.54, 1.807) is 12.1 Å². The lowest BCUT2D eigenvalue weighted by Gasteiger charge is -2.47. The number of piperidine rings is 2. The molecular weight excluding hydrogens is 331 g/mol. The van der Waals surface area contributed by atoms with E-state index < -0.39 is 5.41 Å². The highest BCUT2D eigenvalue weighted by Gasteiger charge is 2.54. The van der Waals surface area contributed by atoms with Gasteiger partial charge in [0, 0.05) is 32.6 Å². The molecule has 2 amide bonds. The van der Waals surface area contributed by atoms with Crippen molar-refractivity contribution in [1.82, 2.24) is 9.80 Å². The van der Waals surface area contributed by atoms with Crippen LogP contribution in [0.5, 0.6) is 0 Å². The van der Waals surface area contributed by atoms with Crippen molar-refractivity contribution in [2.75, 3.05) is 26.2 Å². The summed E-state index contributed by atoms with van der Waals surface area (Å²) >= 11 is 0. The van der Waals surface area contributed by atoms with Gasteiger partial charge in [-0.25, -0.2) is 4.39 Å². The number of hydrogen-bond donors (Lipinski definition) is 0. The van der Waals surface area contributed by atoms with Gasteiger partial charge >= 0.3 is 0 Å². The smallest absolute Gasteiger partial charge is 0.233 e. The van der Waals surface area contributed by atoms with Crippen LogP contribution in [0, 0.1) is 11.2 Å². The molecule has 1 aromatic rings. The van der Waals surface area contributed by atoms with Gasteiger partial charge in [0.05, 0.1) is 5.41 Å². The van der Waals surface area contributed by atoms with Gasteiger partial charge in [0.25, 0.3) is 0 Å². The van der Waals surface area contributed by atoms with Crippen LogP contribution in [-0.2, 0) is 15.0 Å². The Morgan fingerprint density at radius 2 is 1.73 bits per heavy atom. The zero-order valence-electron chi connectivity index (χ0n) is 15.5. The van der Waals surface area contributed by atoms with Crippen molar-refractivity contribution in [2.24, 2.45) is 5.41 Å². The summed E-state index contributed by atoms with van der Waals surface area (Å²) < 4.78 is 13.2. The van der Waals surface area contributed by atoms with Gasteiger partial charge in [0.1, 0.15) is 5.82 Å². The standard InChI is InChI=1S/C21H27FN2O2/c1-2-23-15-20(8-7-18(23)25)11-13-24(14-12-20)19(26)21(9-10-21)16-3-5-17(22)6-4-16/h3-6H,2,7-15H2,1H3. The molecule has 4 nitrogen and oxygen atoms in total. The maximum Gasteiger partial charge on any atom is 0.233 e. The average molecular weight is 358 g/mol. The first-order chi connectivity index (χ1) is 12.5. The Labute approximate surface area is 154 Å². The minimum Gasteiger partial charge on any atom is -0.342 e. The molecule has 3 fully saturated rings. The predicted molar refractivity (Wildman–Crippen MR) is 97.0 cm³/mol. The maximum atomic E-state index is 13.2. The van der Waals surface area contributed by atoms with E-state index >= 15 is 0 Å². The molecule has 0 unspecified atom stereocenters. The van der Waals surface area contributed by atoms with E-state index in [0.717, 1.165) is 63.8 Å². The number of carbonyl (C=O) groups is 2. The molecule has 4 rings (SSSR count). The lowest BCUT2D eigenvalue weighted by atomic mass is 9.72. The molecule has 0 atom stereocenters. The lowest BCUT2D eigenvalue weighted by molar-refractivity contribution is -0.143. The fourth-order valence-corrected chi connectivity index (χ4v) is 4.81. The van der Waals surface area contributed by atoms with E-state index in [-0.39, 0.29) is 23.0 Å². The summed E-state index contributed by atoms with van der Waals surface area (Å²) in [7, 11) is 0. The highest BCUT2D eigenvalue weighted by molar-refractivity contribution is 5.91. The van der Waals surface area contributed by atoms with Gasteiger partial charge in [-0.3, -0.25) is 9.59 Å². The summed E-state index contributed by atoms with van der Waals surface area (Å²) in [6.07, 6.45) is 5.26. The fraction of sp³-hybridized carbons (Fsp3) is 0.619. The van der Waals surface area contributed by atoms with Crippen LogP contribution in [0.3, 0.4) is 0 Å². The summed E-state index contributed by atoms with van der Waals surface area (Å²) in [5.41, 5.74) is 0.716. The van der Waals surface area contributed by atoms with Crippen molar-refractivity contribution in [3.63, 3.8) is 0 Å². The number of hydrogen-bond acceptors (Lipinski definition) is 2. The molecular formula is C21H27FN2O2. The van der Waals surface area contributed by atoms with Crippen molar-refractivity contribution in [2.45, 2.75) is 50.9 Å². The molecule has 0 N–H and O–H groups in total. The van der Waals surface area contributed by atoms with Crippen LogP contribution in [0.2, 0.25) is 0 Å². The van der Waals surface area contributed by atoms with Gasteiger partial charge in [0.2, 0.25) is 11.8 Å². The molecule has 3 aliphatic rings. The highest BCUT2D eigenvalue weighted by atomic mass is 19.1. The van der Waals surface area contributed by atoms with Crippen LogP contribution in [-0.4, -0.2) is 47.8 Å². The molecule has 5 heteroatoms.